The average molecular weight is 360 g/mol. The monoisotopic (exact) mass is 360 g/mol. The Labute approximate surface area is 157 Å². The summed E-state index contributed by atoms with van der Waals surface area (Å²) < 4.78 is 24.3. The molecule has 2 aromatic rings. The zero-order valence-corrected chi connectivity index (χ0v) is 17.3. The van der Waals surface area contributed by atoms with E-state index in [1.54, 1.807) is 0 Å². The fraction of sp³-hybridized carbons (Fsp3) is 0.545. The Morgan fingerprint density at radius 3 is 0.769 bits per heavy atom. The van der Waals surface area contributed by atoms with E-state index in [1.165, 1.54) is 0 Å². The Hall–Kier alpha value is -2.10. The van der Waals surface area contributed by atoms with Gasteiger partial charge >= 0.3 is 0 Å². The lowest BCUT2D eigenvalue weighted by atomic mass is 10.1. The lowest BCUT2D eigenvalue weighted by molar-refractivity contribution is 0.227. The average Bonchev–Trinajstić information content (AvgIpc) is 2.49. The van der Waals surface area contributed by atoms with Crippen LogP contribution >= 0.6 is 0 Å². The van der Waals surface area contributed by atoms with Crippen LogP contribution in [0.2, 0.25) is 0 Å². The van der Waals surface area contributed by atoms with Crippen LogP contribution in [-0.2, 0) is 0 Å². The van der Waals surface area contributed by atoms with Crippen LogP contribution in [0.4, 0.5) is 0 Å². The summed E-state index contributed by atoms with van der Waals surface area (Å²) in [5, 5.41) is 1.78. The summed E-state index contributed by atoms with van der Waals surface area (Å²) in [6.07, 6.45) is 0.210. The second kappa shape index (κ2) is 8.52. The zero-order valence-electron chi connectivity index (χ0n) is 17.3. The first-order valence-electron chi connectivity index (χ1n) is 9.45. The second-order valence-corrected chi connectivity index (χ2v) is 7.54. The Kier molecular flexibility index (Phi) is 6.63. The molecule has 0 aliphatic heterocycles. The fourth-order valence-electron chi connectivity index (χ4n) is 2.78. The van der Waals surface area contributed by atoms with E-state index in [0.29, 0.717) is 0 Å². The van der Waals surface area contributed by atoms with Crippen LogP contribution in [0.1, 0.15) is 55.4 Å². The maximum Gasteiger partial charge on any atom is 0.131 e. The van der Waals surface area contributed by atoms with Gasteiger partial charge in [-0.25, -0.2) is 0 Å². The minimum Gasteiger partial charge on any atom is -0.490 e. The highest BCUT2D eigenvalue weighted by Gasteiger charge is 2.20. The Morgan fingerprint density at radius 1 is 0.423 bits per heavy atom. The summed E-state index contributed by atoms with van der Waals surface area (Å²) in [5.41, 5.74) is 0. The van der Waals surface area contributed by atoms with E-state index >= 15 is 0 Å². The van der Waals surface area contributed by atoms with E-state index in [4.69, 9.17) is 18.9 Å². The number of ether oxygens (including phenoxy) is 4. The van der Waals surface area contributed by atoms with Crippen molar-refractivity contribution in [3.8, 4) is 23.0 Å². The van der Waals surface area contributed by atoms with Gasteiger partial charge < -0.3 is 18.9 Å². The van der Waals surface area contributed by atoms with Crippen molar-refractivity contribution >= 4 is 10.8 Å². The fourth-order valence-corrected chi connectivity index (χ4v) is 2.78. The van der Waals surface area contributed by atoms with E-state index in [9.17, 15) is 0 Å². The summed E-state index contributed by atoms with van der Waals surface area (Å²) >= 11 is 0. The third kappa shape index (κ3) is 4.96. The smallest absolute Gasteiger partial charge is 0.131 e. The molecule has 0 saturated carbocycles. The molecule has 2 aromatic carbocycles. The number of rotatable bonds is 8. The molecule has 0 aliphatic carbocycles. The Balaban J connectivity index is 2.79. The van der Waals surface area contributed by atoms with Crippen molar-refractivity contribution in [1.82, 2.24) is 0 Å². The van der Waals surface area contributed by atoms with E-state index in [1.807, 2.05) is 79.7 Å². The van der Waals surface area contributed by atoms with Crippen molar-refractivity contribution in [2.45, 2.75) is 79.8 Å². The molecule has 0 amide bonds. The van der Waals surface area contributed by atoms with E-state index in [2.05, 4.69) is 0 Å². The highest BCUT2D eigenvalue weighted by atomic mass is 16.5. The topological polar surface area (TPSA) is 36.9 Å². The molecule has 0 aromatic heterocycles. The minimum atomic E-state index is 0.0524. The number of benzene rings is 2. The van der Waals surface area contributed by atoms with E-state index in [0.717, 1.165) is 33.8 Å². The van der Waals surface area contributed by atoms with Crippen LogP contribution in [0.25, 0.3) is 10.8 Å². The van der Waals surface area contributed by atoms with Gasteiger partial charge in [-0.05, 0) is 79.7 Å². The molecule has 0 unspecified atom stereocenters. The Morgan fingerprint density at radius 2 is 0.615 bits per heavy atom. The molecular formula is C22H32O4. The van der Waals surface area contributed by atoms with Crippen LogP contribution in [0.3, 0.4) is 0 Å². The minimum absolute atomic E-state index is 0.0524. The molecule has 4 nitrogen and oxygen atoms in total. The van der Waals surface area contributed by atoms with Gasteiger partial charge in [0.2, 0.25) is 0 Å². The summed E-state index contributed by atoms with van der Waals surface area (Å²) in [6, 6.07) is 7.80. The third-order valence-corrected chi connectivity index (χ3v) is 3.46. The summed E-state index contributed by atoms with van der Waals surface area (Å²) in [6.45, 7) is 16.1. The van der Waals surface area contributed by atoms with Gasteiger partial charge in [0, 0.05) is 0 Å². The molecule has 0 aliphatic rings. The quantitative estimate of drug-likeness (QED) is 0.579. The molecule has 0 saturated heterocycles. The first-order chi connectivity index (χ1) is 12.2. The maximum atomic E-state index is 6.08. The van der Waals surface area contributed by atoms with Crippen LogP contribution in [0, 0.1) is 0 Å². The van der Waals surface area contributed by atoms with Crippen LogP contribution < -0.4 is 18.9 Å². The molecule has 0 radical (unpaired) electrons. The van der Waals surface area contributed by atoms with Crippen molar-refractivity contribution in [2.75, 3.05) is 0 Å². The van der Waals surface area contributed by atoms with Crippen molar-refractivity contribution < 1.29 is 18.9 Å². The SMILES string of the molecule is CC(C)Oc1ccc(OC(C)C)c2c(OC(C)C)ccc(OC(C)C)c12. The van der Waals surface area contributed by atoms with Crippen LogP contribution in [0.5, 0.6) is 23.0 Å². The summed E-state index contributed by atoms with van der Waals surface area (Å²) in [5.74, 6) is 3.10. The van der Waals surface area contributed by atoms with E-state index < -0.39 is 0 Å². The molecule has 0 atom stereocenters. The van der Waals surface area contributed by atoms with Crippen LogP contribution in [0.15, 0.2) is 24.3 Å². The molecule has 0 heterocycles. The van der Waals surface area contributed by atoms with Crippen LogP contribution in [-0.4, -0.2) is 24.4 Å². The van der Waals surface area contributed by atoms with Gasteiger partial charge in [0.05, 0.1) is 35.2 Å². The number of hydrogen-bond acceptors (Lipinski definition) is 4. The lowest BCUT2D eigenvalue weighted by Crippen LogP contribution is -2.12. The highest BCUT2D eigenvalue weighted by molar-refractivity contribution is 6.02. The molecule has 144 valence electrons. The number of hydrogen-bond donors (Lipinski definition) is 0. The predicted molar refractivity (Wildman–Crippen MR) is 107 cm³/mol. The van der Waals surface area contributed by atoms with Crippen molar-refractivity contribution in [3.63, 3.8) is 0 Å². The molecule has 0 fully saturated rings. The molecule has 26 heavy (non-hydrogen) atoms. The largest absolute Gasteiger partial charge is 0.490 e. The predicted octanol–water partition coefficient (Wildman–Crippen LogP) is 5.99. The molecule has 0 N–H and O–H groups in total. The van der Waals surface area contributed by atoms with Crippen molar-refractivity contribution in [3.05, 3.63) is 24.3 Å². The first-order valence-corrected chi connectivity index (χ1v) is 9.45. The molecule has 0 spiro atoms. The van der Waals surface area contributed by atoms with Crippen molar-refractivity contribution in [2.24, 2.45) is 0 Å². The van der Waals surface area contributed by atoms with Gasteiger partial charge in [0.1, 0.15) is 23.0 Å². The summed E-state index contributed by atoms with van der Waals surface area (Å²) in [4.78, 5) is 0. The maximum absolute atomic E-state index is 6.08. The van der Waals surface area contributed by atoms with E-state index in [-0.39, 0.29) is 24.4 Å². The van der Waals surface area contributed by atoms with Gasteiger partial charge in [-0.2, -0.15) is 0 Å². The summed E-state index contributed by atoms with van der Waals surface area (Å²) in [7, 11) is 0. The van der Waals surface area contributed by atoms with Gasteiger partial charge in [-0.3, -0.25) is 0 Å². The third-order valence-electron chi connectivity index (χ3n) is 3.46. The Bertz CT molecular complexity index is 611. The molecular weight excluding hydrogens is 328 g/mol. The normalized spacial score (nSPS) is 11.7. The van der Waals surface area contributed by atoms with Gasteiger partial charge in [0.15, 0.2) is 0 Å². The highest BCUT2D eigenvalue weighted by Crippen LogP contribution is 2.45. The standard InChI is InChI=1S/C22H32O4/c1-13(2)23-17-9-10-19(25-15(5)6)22-20(26-16(7)8)12-11-18(21(17)22)24-14(3)4/h9-16H,1-8H3. The van der Waals surface area contributed by atoms with Crippen molar-refractivity contribution in [1.29, 1.82) is 0 Å². The first kappa shape index (κ1) is 20.2. The molecule has 2 rings (SSSR count). The molecule has 0 bridgehead atoms. The molecule has 4 heteroatoms. The van der Waals surface area contributed by atoms with Gasteiger partial charge in [0.25, 0.3) is 0 Å². The zero-order chi connectivity index (χ0) is 19.4. The lowest BCUT2D eigenvalue weighted by Gasteiger charge is -2.22. The van der Waals surface area contributed by atoms with Gasteiger partial charge in [-0.1, -0.05) is 0 Å². The van der Waals surface area contributed by atoms with Gasteiger partial charge in [-0.15, -0.1) is 0 Å². The number of fused-ring (bicyclic) bond motifs is 1. The second-order valence-electron chi connectivity index (χ2n) is 7.54.